The Bertz CT molecular complexity index is 545. The van der Waals surface area contributed by atoms with Crippen LogP contribution in [0.25, 0.3) is 0 Å². The Balaban J connectivity index is 1.54. The molecule has 2 N–H and O–H groups in total. The first-order valence-electron chi connectivity index (χ1n) is 10.9. The number of rotatable bonds is 9. The minimum atomic E-state index is -0.722. The van der Waals surface area contributed by atoms with E-state index in [1.807, 2.05) is 6.92 Å². The first kappa shape index (κ1) is 20.6. The predicted molar refractivity (Wildman–Crippen MR) is 106 cm³/mol. The molecule has 2 bridgehead atoms. The average molecular weight is 377 g/mol. The highest BCUT2D eigenvalue weighted by atomic mass is 16.5. The molecule has 27 heavy (non-hydrogen) atoms. The monoisotopic (exact) mass is 376 g/mol. The Morgan fingerprint density at radius 1 is 1.11 bits per heavy atom. The number of fused-ring (bicyclic) bond motifs is 2. The number of unbranched alkanes of at least 4 members (excludes halogenated alkanes) is 1. The van der Waals surface area contributed by atoms with Crippen LogP contribution in [0.1, 0.15) is 77.6 Å². The minimum Gasteiger partial charge on any atom is -0.481 e. The van der Waals surface area contributed by atoms with Crippen molar-refractivity contribution in [2.75, 3.05) is 0 Å². The summed E-state index contributed by atoms with van der Waals surface area (Å²) in [5.74, 6) is 0.537. The third-order valence-corrected chi connectivity index (χ3v) is 6.91. The molecule has 2 saturated heterocycles. The maximum absolute atomic E-state index is 11.0. The fraction of sp³-hybridized carbons (Fsp3) is 0.783. The summed E-state index contributed by atoms with van der Waals surface area (Å²) in [6.45, 7) is 1.98. The van der Waals surface area contributed by atoms with E-state index in [2.05, 4.69) is 24.3 Å². The third kappa shape index (κ3) is 5.45. The van der Waals surface area contributed by atoms with Crippen LogP contribution < -0.4 is 0 Å². The molecule has 5 atom stereocenters. The Kier molecular flexibility index (Phi) is 7.16. The molecule has 0 aromatic carbocycles. The highest BCUT2D eigenvalue weighted by Gasteiger charge is 2.47. The van der Waals surface area contributed by atoms with Crippen LogP contribution in [0.15, 0.2) is 24.3 Å². The maximum atomic E-state index is 11.0. The second-order valence-corrected chi connectivity index (χ2v) is 8.94. The quantitative estimate of drug-likeness (QED) is 0.445. The summed E-state index contributed by atoms with van der Waals surface area (Å²) in [5, 5.41) is 19.7. The van der Waals surface area contributed by atoms with Crippen molar-refractivity contribution in [2.45, 2.75) is 95.4 Å². The van der Waals surface area contributed by atoms with E-state index in [1.165, 1.54) is 19.3 Å². The van der Waals surface area contributed by atoms with E-state index >= 15 is 0 Å². The van der Waals surface area contributed by atoms with Crippen molar-refractivity contribution in [1.82, 2.24) is 0 Å². The summed E-state index contributed by atoms with van der Waals surface area (Å²) in [6, 6.07) is 0. The Labute approximate surface area is 163 Å². The number of hydrogen-bond donors (Lipinski definition) is 2. The van der Waals surface area contributed by atoms with Crippen LogP contribution >= 0.6 is 0 Å². The van der Waals surface area contributed by atoms with Crippen LogP contribution in [-0.4, -0.2) is 34.0 Å². The van der Waals surface area contributed by atoms with Gasteiger partial charge in [0, 0.05) is 12.3 Å². The molecule has 0 amide bonds. The number of aliphatic hydroxyl groups is 1. The highest BCUT2D eigenvalue weighted by Crippen LogP contribution is 2.46. The van der Waals surface area contributed by atoms with Gasteiger partial charge in [0.1, 0.15) is 0 Å². The lowest BCUT2D eigenvalue weighted by Gasteiger charge is -2.34. The first-order valence-corrected chi connectivity index (χ1v) is 10.9. The zero-order chi connectivity index (χ0) is 19.3. The van der Waals surface area contributed by atoms with Gasteiger partial charge in [-0.25, -0.2) is 0 Å². The lowest BCUT2D eigenvalue weighted by molar-refractivity contribution is -0.137. The molecule has 4 heteroatoms. The number of hydrogen-bond acceptors (Lipinski definition) is 3. The fourth-order valence-electron chi connectivity index (χ4n) is 5.26. The summed E-state index contributed by atoms with van der Waals surface area (Å²) in [7, 11) is 0. The second-order valence-electron chi connectivity index (χ2n) is 8.94. The molecule has 0 aromatic heterocycles. The number of aliphatic carboxylic acids is 1. The van der Waals surface area contributed by atoms with Crippen molar-refractivity contribution >= 4 is 5.97 Å². The normalized spacial score (nSPS) is 33.9. The van der Waals surface area contributed by atoms with Gasteiger partial charge in [-0.1, -0.05) is 43.6 Å². The van der Waals surface area contributed by atoms with E-state index in [1.54, 1.807) is 0 Å². The van der Waals surface area contributed by atoms with E-state index in [4.69, 9.17) is 9.84 Å². The highest BCUT2D eigenvalue weighted by molar-refractivity contribution is 5.66. The van der Waals surface area contributed by atoms with E-state index in [-0.39, 0.29) is 6.42 Å². The Morgan fingerprint density at radius 3 is 2.59 bits per heavy atom. The maximum Gasteiger partial charge on any atom is 0.303 e. The molecule has 2 aliphatic heterocycles. The molecule has 1 saturated carbocycles. The number of ether oxygens (including phenoxy) is 1. The van der Waals surface area contributed by atoms with Gasteiger partial charge < -0.3 is 14.9 Å². The van der Waals surface area contributed by atoms with Gasteiger partial charge >= 0.3 is 5.97 Å². The topological polar surface area (TPSA) is 66.8 Å². The largest absolute Gasteiger partial charge is 0.481 e. The molecule has 2 heterocycles. The Morgan fingerprint density at radius 2 is 1.85 bits per heavy atom. The Hall–Kier alpha value is -1.13. The molecule has 3 fully saturated rings. The molecule has 152 valence electrons. The van der Waals surface area contributed by atoms with Crippen molar-refractivity contribution in [3.8, 4) is 0 Å². The number of carbonyl (C=O) groups is 1. The van der Waals surface area contributed by atoms with Gasteiger partial charge in [0.25, 0.3) is 0 Å². The zero-order valence-corrected chi connectivity index (χ0v) is 16.7. The van der Waals surface area contributed by atoms with Crippen molar-refractivity contribution in [2.24, 2.45) is 17.8 Å². The van der Waals surface area contributed by atoms with E-state index in [9.17, 15) is 9.90 Å². The van der Waals surface area contributed by atoms with Crippen LogP contribution in [0, 0.1) is 17.8 Å². The smallest absolute Gasteiger partial charge is 0.303 e. The molecule has 1 aliphatic carbocycles. The number of allylic oxidation sites excluding steroid dienone is 2. The van der Waals surface area contributed by atoms with Gasteiger partial charge in [0.15, 0.2) is 0 Å². The van der Waals surface area contributed by atoms with Crippen molar-refractivity contribution in [1.29, 1.82) is 0 Å². The molecule has 0 radical (unpaired) electrons. The molecule has 4 nitrogen and oxygen atoms in total. The standard InChI is InChI=1S/C23H36O4/c1-23(26,17-9-5-4-6-10-17)16-15-19-18(20-13-14-21(19)27-20)11-7-2-3-8-12-22(24)25/h2,7,15-21,26H,3-6,8-14H2,1H3,(H,24,25)/t18-,19-,20+,21-,23?/m0/s1. The fourth-order valence-corrected chi connectivity index (χ4v) is 5.26. The average Bonchev–Trinajstić information content (AvgIpc) is 3.25. The van der Waals surface area contributed by atoms with E-state index < -0.39 is 11.6 Å². The van der Waals surface area contributed by atoms with Crippen molar-refractivity contribution in [3.05, 3.63) is 24.3 Å². The molecule has 3 aliphatic rings. The van der Waals surface area contributed by atoms with Crippen molar-refractivity contribution in [3.63, 3.8) is 0 Å². The predicted octanol–water partition coefficient (Wildman–Crippen LogP) is 4.87. The molecule has 1 unspecified atom stereocenters. The van der Waals surface area contributed by atoms with Gasteiger partial charge in [0.05, 0.1) is 17.8 Å². The number of carboxylic acid groups (broad SMARTS) is 1. The molecule has 0 aromatic rings. The van der Waals surface area contributed by atoms with E-state index in [0.29, 0.717) is 36.4 Å². The van der Waals surface area contributed by atoms with Gasteiger partial charge in [-0.3, -0.25) is 4.79 Å². The molecule has 0 spiro atoms. The summed E-state index contributed by atoms with van der Waals surface area (Å²) in [4.78, 5) is 10.6. The van der Waals surface area contributed by atoms with Crippen LogP contribution in [0.5, 0.6) is 0 Å². The van der Waals surface area contributed by atoms with E-state index in [0.717, 1.165) is 38.5 Å². The summed E-state index contributed by atoms with van der Waals surface area (Å²) in [6.07, 6.45) is 20.4. The van der Waals surface area contributed by atoms with Crippen molar-refractivity contribution < 1.29 is 19.7 Å². The summed E-state index contributed by atoms with van der Waals surface area (Å²) >= 11 is 0. The molecule has 3 rings (SSSR count). The van der Waals surface area contributed by atoms with Crippen LogP contribution in [0.3, 0.4) is 0 Å². The van der Waals surface area contributed by atoms with Crippen LogP contribution in [0.4, 0.5) is 0 Å². The third-order valence-electron chi connectivity index (χ3n) is 6.91. The SMILES string of the molecule is CC(O)(C=C[C@H]1[C@H](CC=CCCCC(=O)O)[C@H]2CC[C@@H]1O2)C1CCCCC1. The first-order chi connectivity index (χ1) is 13.0. The zero-order valence-electron chi connectivity index (χ0n) is 16.7. The lowest BCUT2D eigenvalue weighted by atomic mass is 9.74. The summed E-state index contributed by atoms with van der Waals surface area (Å²) < 4.78 is 6.17. The summed E-state index contributed by atoms with van der Waals surface area (Å²) in [5.41, 5.74) is -0.709. The second kappa shape index (κ2) is 9.38. The van der Waals surface area contributed by atoms with Gasteiger partial charge in [-0.15, -0.1) is 0 Å². The lowest BCUT2D eigenvalue weighted by Crippen LogP contribution is -2.34. The molecular weight excluding hydrogens is 340 g/mol. The molecular formula is C23H36O4. The van der Waals surface area contributed by atoms with Gasteiger partial charge in [-0.2, -0.15) is 0 Å². The number of carboxylic acids is 1. The van der Waals surface area contributed by atoms with Gasteiger partial charge in [-0.05, 0) is 63.7 Å². The minimum absolute atomic E-state index is 0.239. The van der Waals surface area contributed by atoms with Crippen LogP contribution in [-0.2, 0) is 9.53 Å². The van der Waals surface area contributed by atoms with Gasteiger partial charge in [0.2, 0.25) is 0 Å². The van der Waals surface area contributed by atoms with Crippen LogP contribution in [0.2, 0.25) is 0 Å².